The number of rotatable bonds is 5. The van der Waals surface area contributed by atoms with Crippen molar-refractivity contribution in [3.8, 4) is 0 Å². The van der Waals surface area contributed by atoms with Crippen LogP contribution in [0.5, 0.6) is 0 Å². The fourth-order valence-corrected chi connectivity index (χ4v) is 1.76. The molecule has 0 atom stereocenters. The molecule has 1 amide bonds. The van der Waals surface area contributed by atoms with Crippen LogP contribution in [0.3, 0.4) is 0 Å². The normalized spacial score (nSPS) is 10.6. The maximum atomic E-state index is 11.9. The molecule has 6 heteroatoms. The highest BCUT2D eigenvalue weighted by Crippen LogP contribution is 2.08. The van der Waals surface area contributed by atoms with Crippen molar-refractivity contribution >= 4 is 22.9 Å². The number of nitrogens with one attached hydrogen (secondary N) is 1. The quantitative estimate of drug-likeness (QED) is 0.846. The van der Waals surface area contributed by atoms with Gasteiger partial charge in [0.25, 0.3) is 5.91 Å². The summed E-state index contributed by atoms with van der Waals surface area (Å²) in [7, 11) is 0. The summed E-state index contributed by atoms with van der Waals surface area (Å²) in [4.78, 5) is 31.7. The third kappa shape index (κ3) is 4.24. The Morgan fingerprint density at radius 1 is 1.24 bits per heavy atom. The first kappa shape index (κ1) is 14.9. The minimum absolute atomic E-state index is 0.130. The number of hydrogen-bond donors (Lipinski definition) is 1. The molecule has 0 unspecified atom stereocenters. The van der Waals surface area contributed by atoms with Crippen molar-refractivity contribution in [2.45, 2.75) is 26.4 Å². The molecule has 0 aliphatic heterocycles. The van der Waals surface area contributed by atoms with Gasteiger partial charge in [0.1, 0.15) is 5.69 Å². The van der Waals surface area contributed by atoms with Crippen LogP contribution in [0, 0.1) is 0 Å². The maximum Gasteiger partial charge on any atom is 0.307 e. The lowest BCUT2D eigenvalue weighted by Gasteiger charge is -2.08. The highest BCUT2D eigenvalue weighted by Gasteiger charge is 2.10. The van der Waals surface area contributed by atoms with Crippen molar-refractivity contribution < 1.29 is 14.3 Å². The van der Waals surface area contributed by atoms with Crippen LogP contribution in [0.4, 0.5) is 0 Å². The van der Waals surface area contributed by atoms with Gasteiger partial charge in [0.2, 0.25) is 0 Å². The number of amides is 1. The molecule has 0 saturated heterocycles. The van der Waals surface area contributed by atoms with E-state index in [2.05, 4.69) is 15.3 Å². The van der Waals surface area contributed by atoms with E-state index >= 15 is 0 Å². The summed E-state index contributed by atoms with van der Waals surface area (Å²) in [6.45, 7) is 3.77. The van der Waals surface area contributed by atoms with E-state index in [1.54, 1.807) is 19.9 Å². The second-order valence-corrected chi connectivity index (χ2v) is 4.79. The number of para-hydroxylation sites is 2. The van der Waals surface area contributed by atoms with Crippen LogP contribution in [-0.4, -0.2) is 34.5 Å². The molecule has 0 aliphatic rings. The Morgan fingerprint density at radius 3 is 2.67 bits per heavy atom. The molecule has 1 N–H and O–H groups in total. The second-order valence-electron chi connectivity index (χ2n) is 4.79. The number of carbonyl (C=O) groups excluding carboxylic acids is 2. The Hall–Kier alpha value is -2.50. The molecule has 1 heterocycles. The van der Waals surface area contributed by atoms with Gasteiger partial charge in [0.15, 0.2) is 0 Å². The molecule has 0 spiro atoms. The van der Waals surface area contributed by atoms with Gasteiger partial charge in [-0.2, -0.15) is 0 Å². The molecule has 2 aromatic rings. The molecule has 110 valence electrons. The highest BCUT2D eigenvalue weighted by molar-refractivity contribution is 5.93. The van der Waals surface area contributed by atoms with Gasteiger partial charge in [0.05, 0.1) is 29.8 Å². The first-order chi connectivity index (χ1) is 10.1. The number of benzene rings is 1. The lowest BCUT2D eigenvalue weighted by Crippen LogP contribution is -2.28. The van der Waals surface area contributed by atoms with E-state index in [0.717, 1.165) is 5.52 Å². The molecular formula is C15H17N3O3. The summed E-state index contributed by atoms with van der Waals surface area (Å²) in [6.07, 6.45) is 1.40. The van der Waals surface area contributed by atoms with E-state index < -0.39 is 0 Å². The standard InChI is InChI=1S/C15H17N3O3/c1-10(2)21-14(19)7-8-16-15(20)13-9-17-11-5-3-4-6-12(11)18-13/h3-6,9-10H,7-8H2,1-2H3,(H,16,20). The van der Waals surface area contributed by atoms with Crippen molar-refractivity contribution in [1.82, 2.24) is 15.3 Å². The summed E-state index contributed by atoms with van der Waals surface area (Å²) in [5.41, 5.74) is 1.62. The number of carbonyl (C=O) groups is 2. The van der Waals surface area contributed by atoms with E-state index in [1.165, 1.54) is 6.20 Å². The molecule has 1 aromatic heterocycles. The lowest BCUT2D eigenvalue weighted by molar-refractivity contribution is -0.147. The van der Waals surface area contributed by atoms with Gasteiger partial charge >= 0.3 is 5.97 Å². The third-order valence-corrected chi connectivity index (χ3v) is 2.66. The Kier molecular flexibility index (Phi) is 4.81. The molecule has 0 bridgehead atoms. The summed E-state index contributed by atoms with van der Waals surface area (Å²) in [5.74, 6) is -0.694. The Bertz CT molecular complexity index is 655. The molecule has 0 aliphatic carbocycles. The fraction of sp³-hybridized carbons (Fsp3) is 0.333. The smallest absolute Gasteiger partial charge is 0.307 e. The fourth-order valence-electron chi connectivity index (χ4n) is 1.76. The van der Waals surface area contributed by atoms with Crippen LogP contribution in [0.25, 0.3) is 11.0 Å². The number of hydrogen-bond acceptors (Lipinski definition) is 5. The number of nitrogens with zero attached hydrogens (tertiary/aromatic N) is 2. The van der Waals surface area contributed by atoms with Gasteiger partial charge in [0, 0.05) is 6.54 Å². The predicted octanol–water partition coefficient (Wildman–Crippen LogP) is 1.70. The first-order valence-corrected chi connectivity index (χ1v) is 6.75. The van der Waals surface area contributed by atoms with Crippen LogP contribution >= 0.6 is 0 Å². The van der Waals surface area contributed by atoms with Crippen LogP contribution in [0.15, 0.2) is 30.5 Å². The maximum absolute atomic E-state index is 11.9. The lowest BCUT2D eigenvalue weighted by atomic mass is 10.3. The number of aromatic nitrogens is 2. The van der Waals surface area contributed by atoms with E-state index in [1.807, 2.05) is 18.2 Å². The Labute approximate surface area is 122 Å². The van der Waals surface area contributed by atoms with Crippen LogP contribution in [0.2, 0.25) is 0 Å². The van der Waals surface area contributed by atoms with Gasteiger partial charge in [-0.15, -0.1) is 0 Å². The molecule has 0 radical (unpaired) electrons. The first-order valence-electron chi connectivity index (χ1n) is 6.75. The SMILES string of the molecule is CC(C)OC(=O)CCNC(=O)c1cnc2ccccc2n1. The number of ether oxygens (including phenoxy) is 1. The summed E-state index contributed by atoms with van der Waals surface area (Å²) in [6, 6.07) is 7.31. The monoisotopic (exact) mass is 287 g/mol. The summed E-state index contributed by atoms with van der Waals surface area (Å²) < 4.78 is 4.98. The van der Waals surface area contributed by atoms with Gasteiger partial charge < -0.3 is 10.1 Å². The topological polar surface area (TPSA) is 81.2 Å². The second kappa shape index (κ2) is 6.78. The molecule has 21 heavy (non-hydrogen) atoms. The minimum Gasteiger partial charge on any atom is -0.463 e. The summed E-state index contributed by atoms with van der Waals surface area (Å²) >= 11 is 0. The zero-order valence-corrected chi connectivity index (χ0v) is 12.0. The van der Waals surface area contributed by atoms with E-state index in [0.29, 0.717) is 5.52 Å². The molecule has 1 aromatic carbocycles. The largest absolute Gasteiger partial charge is 0.463 e. The Morgan fingerprint density at radius 2 is 1.95 bits per heavy atom. The van der Waals surface area contributed by atoms with Gasteiger partial charge in [-0.3, -0.25) is 14.6 Å². The third-order valence-electron chi connectivity index (χ3n) is 2.66. The molecule has 0 saturated carbocycles. The number of fused-ring (bicyclic) bond motifs is 1. The molecule has 6 nitrogen and oxygen atoms in total. The average Bonchev–Trinajstić information content (AvgIpc) is 2.45. The van der Waals surface area contributed by atoms with E-state index in [4.69, 9.17) is 4.74 Å². The number of esters is 1. The van der Waals surface area contributed by atoms with Gasteiger partial charge in [-0.05, 0) is 26.0 Å². The van der Waals surface area contributed by atoms with Crippen molar-refractivity contribution in [3.63, 3.8) is 0 Å². The molecule has 2 rings (SSSR count). The van der Waals surface area contributed by atoms with Crippen LogP contribution < -0.4 is 5.32 Å². The van der Waals surface area contributed by atoms with Gasteiger partial charge in [-0.1, -0.05) is 12.1 Å². The predicted molar refractivity (Wildman–Crippen MR) is 77.7 cm³/mol. The van der Waals surface area contributed by atoms with E-state index in [-0.39, 0.29) is 36.6 Å². The van der Waals surface area contributed by atoms with Crippen molar-refractivity contribution in [1.29, 1.82) is 0 Å². The molecular weight excluding hydrogens is 270 g/mol. The zero-order valence-electron chi connectivity index (χ0n) is 12.0. The highest BCUT2D eigenvalue weighted by atomic mass is 16.5. The van der Waals surface area contributed by atoms with Crippen molar-refractivity contribution in [3.05, 3.63) is 36.2 Å². The van der Waals surface area contributed by atoms with Crippen LogP contribution in [0.1, 0.15) is 30.8 Å². The molecule has 0 fully saturated rings. The van der Waals surface area contributed by atoms with Crippen molar-refractivity contribution in [2.24, 2.45) is 0 Å². The van der Waals surface area contributed by atoms with E-state index in [9.17, 15) is 9.59 Å². The van der Waals surface area contributed by atoms with Crippen LogP contribution in [-0.2, 0) is 9.53 Å². The van der Waals surface area contributed by atoms with Gasteiger partial charge in [-0.25, -0.2) is 4.98 Å². The minimum atomic E-state index is -0.356. The van der Waals surface area contributed by atoms with Crippen molar-refractivity contribution in [2.75, 3.05) is 6.54 Å². The Balaban J connectivity index is 1.91. The average molecular weight is 287 g/mol. The summed E-state index contributed by atoms with van der Waals surface area (Å²) in [5, 5.41) is 2.63. The zero-order chi connectivity index (χ0) is 15.2.